The summed E-state index contributed by atoms with van der Waals surface area (Å²) in [5.41, 5.74) is 0. The Bertz CT molecular complexity index is 374. The monoisotopic (exact) mass is 229 g/mol. The van der Waals surface area contributed by atoms with Crippen molar-refractivity contribution in [2.75, 3.05) is 7.11 Å². The zero-order valence-electron chi connectivity index (χ0n) is 8.39. The van der Waals surface area contributed by atoms with Gasteiger partial charge in [0.2, 0.25) is 0 Å². The molecule has 5 nitrogen and oxygen atoms in total. The van der Waals surface area contributed by atoms with Crippen LogP contribution in [0.4, 0.5) is 0 Å². The average molecular weight is 229 g/mol. The number of carbonyl (C=O) groups is 2. The Hall–Kier alpha value is -1.43. The summed E-state index contributed by atoms with van der Waals surface area (Å²) >= 11 is 1.38. The lowest BCUT2D eigenvalue weighted by molar-refractivity contribution is -0.156. The fourth-order valence-electron chi connectivity index (χ4n) is 1.11. The molecule has 0 amide bonds. The number of aryl methyl sites for hydroxylation is 1. The van der Waals surface area contributed by atoms with Crippen LogP contribution in [0.1, 0.15) is 9.88 Å². The fourth-order valence-corrected chi connectivity index (χ4v) is 1.95. The Morgan fingerprint density at radius 1 is 1.67 bits per heavy atom. The highest BCUT2D eigenvalue weighted by molar-refractivity contribution is 7.11. The number of carboxylic acids is 1. The predicted molar refractivity (Wildman–Crippen MR) is 53.7 cm³/mol. The number of nitrogens with zero attached hydrogens (tertiary/aromatic N) is 1. The molecule has 0 aliphatic rings. The van der Waals surface area contributed by atoms with E-state index in [4.69, 9.17) is 5.11 Å². The molecule has 15 heavy (non-hydrogen) atoms. The second-order valence-corrected chi connectivity index (χ2v) is 4.28. The van der Waals surface area contributed by atoms with Crippen molar-refractivity contribution in [3.8, 4) is 0 Å². The van der Waals surface area contributed by atoms with Crippen LogP contribution in [0.3, 0.4) is 0 Å². The molecule has 1 unspecified atom stereocenters. The molecule has 1 atom stereocenters. The molecule has 0 aliphatic heterocycles. The summed E-state index contributed by atoms with van der Waals surface area (Å²) in [5.74, 6) is -3.05. The molecule has 0 aliphatic carbocycles. The summed E-state index contributed by atoms with van der Waals surface area (Å²) in [4.78, 5) is 26.7. The van der Waals surface area contributed by atoms with Gasteiger partial charge in [-0.25, -0.2) is 4.98 Å². The number of carboxylic acid groups (broad SMARTS) is 1. The molecule has 1 heterocycles. The van der Waals surface area contributed by atoms with Crippen LogP contribution in [-0.2, 0) is 20.7 Å². The number of aliphatic carboxylic acids is 1. The minimum atomic E-state index is -1.17. The highest BCUT2D eigenvalue weighted by atomic mass is 32.1. The van der Waals surface area contributed by atoms with Crippen LogP contribution < -0.4 is 0 Å². The molecular formula is C9H11NO4S. The third kappa shape index (κ3) is 3.02. The molecule has 0 aromatic carbocycles. The highest BCUT2D eigenvalue weighted by Gasteiger charge is 2.28. The van der Waals surface area contributed by atoms with E-state index >= 15 is 0 Å². The minimum Gasteiger partial charge on any atom is -0.481 e. The number of ether oxygens (including phenoxy) is 1. The number of hydrogen-bond donors (Lipinski definition) is 1. The van der Waals surface area contributed by atoms with Crippen molar-refractivity contribution < 1.29 is 19.4 Å². The van der Waals surface area contributed by atoms with Gasteiger partial charge in [0.15, 0.2) is 5.92 Å². The van der Waals surface area contributed by atoms with E-state index in [0.29, 0.717) is 0 Å². The van der Waals surface area contributed by atoms with Crippen LogP contribution in [0.25, 0.3) is 0 Å². The van der Waals surface area contributed by atoms with Gasteiger partial charge >= 0.3 is 11.9 Å². The zero-order chi connectivity index (χ0) is 11.4. The van der Waals surface area contributed by atoms with E-state index in [0.717, 1.165) is 9.88 Å². The SMILES string of the molecule is COC(=O)C(Cc1cnc(C)s1)C(=O)O. The molecule has 6 heteroatoms. The van der Waals surface area contributed by atoms with Crippen molar-refractivity contribution in [1.29, 1.82) is 0 Å². The lowest BCUT2D eigenvalue weighted by atomic mass is 10.1. The Kier molecular flexibility index (Phi) is 3.79. The predicted octanol–water partition coefficient (Wildman–Crippen LogP) is 0.868. The van der Waals surface area contributed by atoms with Gasteiger partial charge < -0.3 is 9.84 Å². The molecule has 0 saturated heterocycles. The van der Waals surface area contributed by atoms with Gasteiger partial charge in [-0.3, -0.25) is 9.59 Å². The maximum Gasteiger partial charge on any atom is 0.320 e. The standard InChI is InChI=1S/C9H11NO4S/c1-5-10-4-6(15-5)3-7(8(11)12)9(13)14-2/h4,7H,3H2,1-2H3,(H,11,12). The number of methoxy groups -OCH3 is 1. The number of hydrogen-bond acceptors (Lipinski definition) is 5. The number of thiazole rings is 1. The number of carbonyl (C=O) groups excluding carboxylic acids is 1. The Morgan fingerprint density at radius 2 is 2.33 bits per heavy atom. The largest absolute Gasteiger partial charge is 0.481 e. The first-order valence-electron chi connectivity index (χ1n) is 4.26. The van der Waals surface area contributed by atoms with E-state index in [1.54, 1.807) is 6.20 Å². The van der Waals surface area contributed by atoms with Crippen molar-refractivity contribution in [2.24, 2.45) is 5.92 Å². The molecule has 1 N–H and O–H groups in total. The molecule has 0 fully saturated rings. The molecule has 1 rings (SSSR count). The summed E-state index contributed by atoms with van der Waals surface area (Å²) in [5, 5.41) is 9.67. The van der Waals surface area contributed by atoms with Gasteiger partial charge in [-0.15, -0.1) is 11.3 Å². The third-order valence-electron chi connectivity index (χ3n) is 1.86. The first-order chi connectivity index (χ1) is 7.04. The van der Waals surface area contributed by atoms with Crippen molar-refractivity contribution >= 4 is 23.3 Å². The van der Waals surface area contributed by atoms with E-state index in [-0.39, 0.29) is 6.42 Å². The van der Waals surface area contributed by atoms with Crippen LogP contribution in [0.5, 0.6) is 0 Å². The molecule has 1 aromatic rings. The molecule has 1 aromatic heterocycles. The van der Waals surface area contributed by atoms with Gasteiger partial charge in [-0.1, -0.05) is 0 Å². The Labute approximate surface area is 90.7 Å². The van der Waals surface area contributed by atoms with E-state index in [2.05, 4.69) is 9.72 Å². The van der Waals surface area contributed by atoms with E-state index < -0.39 is 17.9 Å². The van der Waals surface area contributed by atoms with Crippen molar-refractivity contribution in [2.45, 2.75) is 13.3 Å². The van der Waals surface area contributed by atoms with Crippen LogP contribution in [0.2, 0.25) is 0 Å². The number of rotatable bonds is 4. The van der Waals surface area contributed by atoms with E-state index in [1.807, 2.05) is 6.92 Å². The maximum absolute atomic E-state index is 11.1. The van der Waals surface area contributed by atoms with Crippen LogP contribution in [0.15, 0.2) is 6.20 Å². The van der Waals surface area contributed by atoms with Crippen LogP contribution in [0, 0.1) is 12.8 Å². The van der Waals surface area contributed by atoms with Gasteiger partial charge in [-0.05, 0) is 6.92 Å². The summed E-state index contributed by atoms with van der Waals surface area (Å²) in [6.45, 7) is 1.82. The van der Waals surface area contributed by atoms with Gasteiger partial charge in [-0.2, -0.15) is 0 Å². The summed E-state index contributed by atoms with van der Waals surface area (Å²) < 4.78 is 4.42. The normalized spacial score (nSPS) is 12.1. The van der Waals surface area contributed by atoms with Crippen molar-refractivity contribution in [1.82, 2.24) is 4.98 Å². The summed E-state index contributed by atoms with van der Waals surface area (Å²) in [7, 11) is 1.18. The summed E-state index contributed by atoms with van der Waals surface area (Å²) in [6.07, 6.45) is 1.71. The topological polar surface area (TPSA) is 76.5 Å². The van der Waals surface area contributed by atoms with Gasteiger partial charge in [0.05, 0.1) is 12.1 Å². The number of esters is 1. The molecule has 0 spiro atoms. The number of aromatic nitrogens is 1. The quantitative estimate of drug-likeness (QED) is 0.612. The smallest absolute Gasteiger partial charge is 0.320 e. The van der Waals surface area contributed by atoms with Crippen molar-refractivity contribution in [3.05, 3.63) is 16.1 Å². The molecule has 82 valence electrons. The van der Waals surface area contributed by atoms with E-state index in [1.165, 1.54) is 18.4 Å². The van der Waals surface area contributed by atoms with E-state index in [9.17, 15) is 9.59 Å². The van der Waals surface area contributed by atoms with Crippen LogP contribution >= 0.6 is 11.3 Å². The summed E-state index contributed by atoms with van der Waals surface area (Å²) in [6, 6.07) is 0. The van der Waals surface area contributed by atoms with Crippen molar-refractivity contribution in [3.63, 3.8) is 0 Å². The van der Waals surface area contributed by atoms with Gasteiger partial charge in [0.1, 0.15) is 0 Å². The van der Waals surface area contributed by atoms with Gasteiger partial charge in [0, 0.05) is 17.5 Å². The lowest BCUT2D eigenvalue weighted by Crippen LogP contribution is -2.26. The molecular weight excluding hydrogens is 218 g/mol. The molecule has 0 saturated carbocycles. The lowest BCUT2D eigenvalue weighted by Gasteiger charge is -2.07. The Morgan fingerprint density at radius 3 is 2.73 bits per heavy atom. The Balaban J connectivity index is 2.75. The molecule has 0 radical (unpaired) electrons. The van der Waals surface area contributed by atoms with Gasteiger partial charge in [0.25, 0.3) is 0 Å². The highest BCUT2D eigenvalue weighted by Crippen LogP contribution is 2.17. The third-order valence-corrected chi connectivity index (χ3v) is 2.79. The molecule has 0 bridgehead atoms. The first kappa shape index (κ1) is 11.6. The minimum absolute atomic E-state index is 0.132. The van der Waals surface area contributed by atoms with Crippen LogP contribution in [-0.4, -0.2) is 29.1 Å². The maximum atomic E-state index is 11.1. The first-order valence-corrected chi connectivity index (χ1v) is 5.08. The second-order valence-electron chi connectivity index (χ2n) is 2.96. The fraction of sp³-hybridized carbons (Fsp3) is 0.444. The second kappa shape index (κ2) is 4.88. The average Bonchev–Trinajstić information content (AvgIpc) is 2.59. The zero-order valence-corrected chi connectivity index (χ0v) is 9.21.